The van der Waals surface area contributed by atoms with Gasteiger partial charge in [-0.3, -0.25) is 0 Å². The molecule has 0 aromatic carbocycles. The largest absolute Gasteiger partial charge is 0.237 e. The molecule has 1 aromatic rings. The smallest absolute Gasteiger partial charge is 0.142 e. The fourth-order valence-corrected chi connectivity index (χ4v) is 4.24. The molecule has 0 radical (unpaired) electrons. The first-order valence-electron chi connectivity index (χ1n) is 4.89. The van der Waals surface area contributed by atoms with Crippen LogP contribution in [-0.4, -0.2) is 27.2 Å². The summed E-state index contributed by atoms with van der Waals surface area (Å²) in [5.41, 5.74) is 1.96. The van der Waals surface area contributed by atoms with Crippen LogP contribution in [0.4, 0.5) is 0 Å². The van der Waals surface area contributed by atoms with Crippen LogP contribution in [-0.2, 0) is 5.88 Å². The van der Waals surface area contributed by atoms with Gasteiger partial charge in [0, 0.05) is 23.0 Å². The van der Waals surface area contributed by atoms with Crippen LogP contribution in [0.25, 0.3) is 0 Å². The highest BCUT2D eigenvalue weighted by Crippen LogP contribution is 2.35. The zero-order valence-corrected chi connectivity index (χ0v) is 11.0. The van der Waals surface area contributed by atoms with Gasteiger partial charge in [-0.25, -0.2) is 9.97 Å². The number of thioether (sulfide) groups is 2. The molecule has 0 bridgehead atoms. The Balaban J connectivity index is 2.22. The number of rotatable bonds is 2. The van der Waals surface area contributed by atoms with Gasteiger partial charge in [-0.2, -0.15) is 11.8 Å². The van der Waals surface area contributed by atoms with Crippen molar-refractivity contribution >= 4 is 35.1 Å². The van der Waals surface area contributed by atoms with E-state index in [2.05, 4.69) is 9.97 Å². The molecule has 0 spiro atoms. The molecular weight excluding hydrogens is 248 g/mol. The molecule has 5 heteroatoms. The van der Waals surface area contributed by atoms with E-state index in [1.54, 1.807) is 0 Å². The molecule has 1 aromatic heterocycles. The van der Waals surface area contributed by atoms with Gasteiger partial charge < -0.3 is 0 Å². The molecule has 1 aliphatic heterocycles. The van der Waals surface area contributed by atoms with E-state index in [4.69, 9.17) is 11.6 Å². The zero-order chi connectivity index (χ0) is 10.7. The van der Waals surface area contributed by atoms with E-state index in [-0.39, 0.29) is 0 Å². The Morgan fingerprint density at radius 1 is 1.47 bits per heavy atom. The molecule has 2 heterocycles. The summed E-state index contributed by atoms with van der Waals surface area (Å²) in [5, 5.41) is 0.450. The van der Waals surface area contributed by atoms with Crippen molar-refractivity contribution < 1.29 is 0 Å². The summed E-state index contributed by atoms with van der Waals surface area (Å²) in [4.78, 5) is 9.00. The van der Waals surface area contributed by atoms with E-state index in [0.717, 1.165) is 23.0 Å². The molecule has 1 aliphatic rings. The predicted molar refractivity (Wildman–Crippen MR) is 68.9 cm³/mol. The predicted octanol–water partition coefficient (Wildman–Crippen LogP) is 3.04. The molecule has 0 amide bonds. The van der Waals surface area contributed by atoms with Gasteiger partial charge >= 0.3 is 0 Å². The van der Waals surface area contributed by atoms with Crippen LogP contribution in [0.2, 0.25) is 0 Å². The van der Waals surface area contributed by atoms with Crippen LogP contribution >= 0.6 is 35.1 Å². The second-order valence-electron chi connectivity index (χ2n) is 3.43. The van der Waals surface area contributed by atoms with Crippen LogP contribution in [0.1, 0.15) is 22.5 Å². The third kappa shape index (κ3) is 3.02. The molecular formula is C10H13ClN2S2. The Morgan fingerprint density at radius 2 is 2.33 bits per heavy atom. The van der Waals surface area contributed by atoms with Gasteiger partial charge in [0.2, 0.25) is 0 Å². The maximum absolute atomic E-state index is 5.81. The number of hydrogen-bond acceptors (Lipinski definition) is 4. The van der Waals surface area contributed by atoms with Crippen molar-refractivity contribution in [2.24, 2.45) is 0 Å². The summed E-state index contributed by atoms with van der Waals surface area (Å²) in [6, 6.07) is 1.96. The molecule has 82 valence electrons. The van der Waals surface area contributed by atoms with Crippen molar-refractivity contribution in [3.8, 4) is 0 Å². The van der Waals surface area contributed by atoms with E-state index in [1.165, 1.54) is 11.5 Å². The Hall–Kier alpha value is 0.0700. The lowest BCUT2D eigenvalue weighted by Crippen LogP contribution is -2.11. The minimum absolute atomic E-state index is 0.450. The molecule has 0 N–H and O–H groups in total. The van der Waals surface area contributed by atoms with E-state index < -0.39 is 0 Å². The Kier molecular flexibility index (Phi) is 4.17. The van der Waals surface area contributed by atoms with Crippen molar-refractivity contribution in [2.45, 2.75) is 18.1 Å². The van der Waals surface area contributed by atoms with Crippen LogP contribution in [0.3, 0.4) is 0 Å². The quantitative estimate of drug-likeness (QED) is 0.764. The molecule has 1 unspecified atom stereocenters. The fourth-order valence-electron chi connectivity index (χ4n) is 1.51. The minimum atomic E-state index is 0.450. The van der Waals surface area contributed by atoms with Crippen molar-refractivity contribution in [2.75, 3.05) is 17.3 Å². The lowest BCUT2D eigenvalue weighted by molar-refractivity contribution is 0.880. The van der Waals surface area contributed by atoms with Gasteiger partial charge in [0.1, 0.15) is 5.82 Å². The number of alkyl halides is 1. The van der Waals surface area contributed by atoms with Crippen LogP contribution < -0.4 is 0 Å². The van der Waals surface area contributed by atoms with Crippen molar-refractivity contribution in [1.82, 2.24) is 9.97 Å². The Morgan fingerprint density at radius 3 is 3.00 bits per heavy atom. The van der Waals surface area contributed by atoms with Gasteiger partial charge in [0.15, 0.2) is 0 Å². The summed E-state index contributed by atoms with van der Waals surface area (Å²) in [6.07, 6.45) is 0. The van der Waals surface area contributed by atoms with Crippen LogP contribution in [0.5, 0.6) is 0 Å². The van der Waals surface area contributed by atoms with E-state index in [9.17, 15) is 0 Å². The lowest BCUT2D eigenvalue weighted by atomic mass is 10.3. The van der Waals surface area contributed by atoms with Crippen molar-refractivity contribution in [1.29, 1.82) is 0 Å². The van der Waals surface area contributed by atoms with Gasteiger partial charge in [0.25, 0.3) is 0 Å². The first-order chi connectivity index (χ1) is 7.29. The average molecular weight is 261 g/mol. The maximum atomic E-state index is 5.81. The SMILES string of the molecule is Cc1cc(CCl)nc(C2CSCCS2)n1. The Labute approximate surface area is 104 Å². The monoisotopic (exact) mass is 260 g/mol. The number of aryl methyl sites for hydroxylation is 1. The number of nitrogens with zero attached hydrogens (tertiary/aromatic N) is 2. The number of aromatic nitrogens is 2. The van der Waals surface area contributed by atoms with Gasteiger partial charge in [-0.15, -0.1) is 23.4 Å². The highest BCUT2D eigenvalue weighted by molar-refractivity contribution is 8.06. The third-order valence-electron chi connectivity index (χ3n) is 2.17. The summed E-state index contributed by atoms with van der Waals surface area (Å²) in [6.45, 7) is 2.00. The highest BCUT2D eigenvalue weighted by Gasteiger charge is 2.19. The van der Waals surface area contributed by atoms with Crippen LogP contribution in [0, 0.1) is 6.92 Å². The lowest BCUT2D eigenvalue weighted by Gasteiger charge is -2.20. The molecule has 2 rings (SSSR count). The molecule has 1 atom stereocenters. The second-order valence-corrected chi connectivity index (χ2v) is 6.15. The highest BCUT2D eigenvalue weighted by atomic mass is 35.5. The second kappa shape index (κ2) is 5.41. The molecule has 15 heavy (non-hydrogen) atoms. The van der Waals surface area contributed by atoms with Gasteiger partial charge in [-0.05, 0) is 13.0 Å². The number of hydrogen-bond donors (Lipinski definition) is 0. The number of halogens is 1. The minimum Gasteiger partial charge on any atom is -0.237 e. The zero-order valence-electron chi connectivity index (χ0n) is 8.57. The molecule has 0 saturated carbocycles. The summed E-state index contributed by atoms with van der Waals surface area (Å²) in [7, 11) is 0. The fraction of sp³-hybridized carbons (Fsp3) is 0.600. The molecule has 1 fully saturated rings. The van der Waals surface area contributed by atoms with Crippen molar-refractivity contribution in [3.05, 3.63) is 23.3 Å². The summed E-state index contributed by atoms with van der Waals surface area (Å²) in [5.74, 6) is 5.00. The normalized spacial score (nSPS) is 21.6. The first kappa shape index (κ1) is 11.6. The maximum Gasteiger partial charge on any atom is 0.142 e. The van der Waals surface area contributed by atoms with E-state index >= 15 is 0 Å². The van der Waals surface area contributed by atoms with Crippen LogP contribution in [0.15, 0.2) is 6.07 Å². The van der Waals surface area contributed by atoms with Crippen molar-refractivity contribution in [3.63, 3.8) is 0 Å². The average Bonchev–Trinajstić information content (AvgIpc) is 2.29. The molecule has 1 saturated heterocycles. The topological polar surface area (TPSA) is 25.8 Å². The molecule has 2 nitrogen and oxygen atoms in total. The van der Waals surface area contributed by atoms with E-state index in [0.29, 0.717) is 11.1 Å². The summed E-state index contributed by atoms with van der Waals surface area (Å²) >= 11 is 9.75. The summed E-state index contributed by atoms with van der Waals surface area (Å²) < 4.78 is 0. The standard InChI is InChI=1S/C10H13ClN2S2/c1-7-4-8(5-11)13-10(12-7)9-6-14-2-3-15-9/h4,9H,2-3,5-6H2,1H3. The Bertz CT molecular complexity index is 340. The third-order valence-corrected chi connectivity index (χ3v) is 5.19. The molecule has 0 aliphatic carbocycles. The van der Waals surface area contributed by atoms with E-state index in [1.807, 2.05) is 36.5 Å². The van der Waals surface area contributed by atoms with Gasteiger partial charge in [-0.1, -0.05) is 0 Å². The first-order valence-corrected chi connectivity index (χ1v) is 7.63. The van der Waals surface area contributed by atoms with Gasteiger partial charge in [0.05, 0.1) is 16.8 Å².